The summed E-state index contributed by atoms with van der Waals surface area (Å²) >= 11 is 5.87. The second kappa shape index (κ2) is 9.92. The van der Waals surface area contributed by atoms with E-state index >= 15 is 0 Å². The van der Waals surface area contributed by atoms with Crippen molar-refractivity contribution in [2.75, 3.05) is 18.9 Å². The van der Waals surface area contributed by atoms with Crippen LogP contribution in [0.4, 0.5) is 4.39 Å². The van der Waals surface area contributed by atoms with Gasteiger partial charge in [-0.2, -0.15) is 0 Å². The van der Waals surface area contributed by atoms with Gasteiger partial charge >= 0.3 is 0 Å². The number of carbonyl (C=O) groups is 1. The minimum Gasteiger partial charge on any atom is -0.379 e. The maximum atomic E-state index is 13.6. The highest BCUT2D eigenvalue weighted by Gasteiger charge is 2.13. The van der Waals surface area contributed by atoms with E-state index < -0.39 is 16.6 Å². The van der Waals surface area contributed by atoms with Crippen molar-refractivity contribution in [3.63, 3.8) is 0 Å². The van der Waals surface area contributed by atoms with Gasteiger partial charge in [-0.1, -0.05) is 17.7 Å². The molecule has 0 saturated heterocycles. The molecule has 124 valence electrons. The molecule has 0 aliphatic carbocycles. The summed E-state index contributed by atoms with van der Waals surface area (Å²) in [6.45, 7) is 4.90. The molecule has 0 fully saturated rings. The fourth-order valence-electron chi connectivity index (χ4n) is 1.70. The smallest absolute Gasteiger partial charge is 0.232 e. The van der Waals surface area contributed by atoms with Crippen LogP contribution in [0.2, 0.25) is 5.02 Å². The second-order valence-electron chi connectivity index (χ2n) is 5.05. The third-order valence-electron chi connectivity index (χ3n) is 2.75. The van der Waals surface area contributed by atoms with Crippen LogP contribution < -0.4 is 5.32 Å². The molecule has 0 saturated carbocycles. The lowest BCUT2D eigenvalue weighted by molar-refractivity contribution is -0.118. The molecule has 0 unspecified atom stereocenters. The molecule has 0 radical (unpaired) electrons. The van der Waals surface area contributed by atoms with Gasteiger partial charge in [-0.05, 0) is 32.4 Å². The summed E-state index contributed by atoms with van der Waals surface area (Å²) in [7, 11) is -1.50. The SMILES string of the molecule is CC(C)OCCCNC(=O)C[S@](=O)Cc1c(F)cccc1Cl. The van der Waals surface area contributed by atoms with Gasteiger partial charge in [0.25, 0.3) is 0 Å². The van der Waals surface area contributed by atoms with Crippen LogP contribution in [-0.4, -0.2) is 35.1 Å². The van der Waals surface area contributed by atoms with Gasteiger partial charge in [0, 0.05) is 34.5 Å². The Bertz CT molecular complexity index is 505. The normalized spacial score (nSPS) is 12.4. The molecule has 1 aromatic rings. The Morgan fingerprint density at radius 1 is 1.45 bits per heavy atom. The van der Waals surface area contributed by atoms with Crippen LogP contribution in [0, 0.1) is 5.82 Å². The molecule has 0 spiro atoms. The fraction of sp³-hybridized carbons (Fsp3) is 0.533. The molecule has 22 heavy (non-hydrogen) atoms. The van der Waals surface area contributed by atoms with Gasteiger partial charge in [0.2, 0.25) is 5.91 Å². The van der Waals surface area contributed by atoms with Crippen LogP contribution in [-0.2, 0) is 26.1 Å². The average Bonchev–Trinajstić information content (AvgIpc) is 2.42. The average molecular weight is 350 g/mol. The molecule has 0 aliphatic heterocycles. The van der Waals surface area contributed by atoms with Gasteiger partial charge in [-0.15, -0.1) is 0 Å². The van der Waals surface area contributed by atoms with Crippen molar-refractivity contribution in [1.82, 2.24) is 5.32 Å². The van der Waals surface area contributed by atoms with E-state index in [1.165, 1.54) is 18.2 Å². The highest BCUT2D eigenvalue weighted by molar-refractivity contribution is 7.84. The summed E-state index contributed by atoms with van der Waals surface area (Å²) in [6.07, 6.45) is 0.851. The number of nitrogens with one attached hydrogen (secondary N) is 1. The first-order chi connectivity index (χ1) is 10.4. The number of amides is 1. The van der Waals surface area contributed by atoms with Crippen LogP contribution in [0.5, 0.6) is 0 Å². The highest BCUT2D eigenvalue weighted by Crippen LogP contribution is 2.20. The van der Waals surface area contributed by atoms with E-state index in [9.17, 15) is 13.4 Å². The molecule has 0 aliphatic rings. The summed E-state index contributed by atoms with van der Waals surface area (Å²) < 4.78 is 30.8. The van der Waals surface area contributed by atoms with Crippen molar-refractivity contribution in [3.05, 3.63) is 34.6 Å². The number of rotatable bonds is 9. The van der Waals surface area contributed by atoms with Crippen LogP contribution >= 0.6 is 11.6 Å². The van der Waals surface area contributed by atoms with Crippen molar-refractivity contribution in [2.45, 2.75) is 32.1 Å². The van der Waals surface area contributed by atoms with Crippen molar-refractivity contribution in [2.24, 2.45) is 0 Å². The van der Waals surface area contributed by atoms with Crippen LogP contribution in [0.15, 0.2) is 18.2 Å². The summed E-state index contributed by atoms with van der Waals surface area (Å²) in [5.74, 6) is -1.08. The molecule has 1 N–H and O–H groups in total. The maximum Gasteiger partial charge on any atom is 0.232 e. The van der Waals surface area contributed by atoms with Gasteiger partial charge in [0.15, 0.2) is 0 Å². The molecule has 4 nitrogen and oxygen atoms in total. The predicted molar refractivity (Wildman–Crippen MR) is 86.8 cm³/mol. The molecule has 7 heteroatoms. The van der Waals surface area contributed by atoms with Crippen LogP contribution in [0.1, 0.15) is 25.8 Å². The lowest BCUT2D eigenvalue weighted by Gasteiger charge is -2.09. The van der Waals surface area contributed by atoms with Crippen LogP contribution in [0.25, 0.3) is 0 Å². The topological polar surface area (TPSA) is 55.4 Å². The lowest BCUT2D eigenvalue weighted by Crippen LogP contribution is -2.30. The first-order valence-electron chi connectivity index (χ1n) is 7.06. The predicted octanol–water partition coefficient (Wildman–Crippen LogP) is 2.66. The molecule has 0 bridgehead atoms. The van der Waals surface area contributed by atoms with Crippen molar-refractivity contribution >= 4 is 28.3 Å². The number of ether oxygens (including phenoxy) is 1. The molecule has 1 amide bonds. The van der Waals surface area contributed by atoms with E-state index in [4.69, 9.17) is 16.3 Å². The number of halogens is 2. The summed E-state index contributed by atoms with van der Waals surface area (Å²) in [4.78, 5) is 11.6. The van der Waals surface area contributed by atoms with E-state index in [2.05, 4.69) is 5.32 Å². The Morgan fingerprint density at radius 2 is 2.18 bits per heavy atom. The van der Waals surface area contributed by atoms with Gasteiger partial charge in [-0.25, -0.2) is 4.39 Å². The molecular weight excluding hydrogens is 329 g/mol. The number of hydrogen-bond donors (Lipinski definition) is 1. The first kappa shape index (κ1) is 19.1. The van der Waals surface area contributed by atoms with E-state index in [1.807, 2.05) is 13.8 Å². The van der Waals surface area contributed by atoms with Gasteiger partial charge in [0.1, 0.15) is 11.6 Å². The zero-order chi connectivity index (χ0) is 16.5. The largest absolute Gasteiger partial charge is 0.379 e. The minimum atomic E-state index is -1.50. The molecule has 0 heterocycles. The summed E-state index contributed by atoms with van der Waals surface area (Å²) in [5.41, 5.74) is 0.181. The van der Waals surface area contributed by atoms with Gasteiger partial charge in [-0.3, -0.25) is 9.00 Å². The second-order valence-corrected chi connectivity index (χ2v) is 6.92. The fourth-order valence-corrected chi connectivity index (χ4v) is 3.12. The molecular formula is C15H21ClFNO3S. The van der Waals surface area contributed by atoms with Gasteiger partial charge in [0.05, 0.1) is 11.9 Å². The van der Waals surface area contributed by atoms with E-state index in [1.54, 1.807) is 0 Å². The third kappa shape index (κ3) is 7.33. The Balaban J connectivity index is 2.31. The number of carbonyl (C=O) groups excluding carboxylic acids is 1. The zero-order valence-electron chi connectivity index (χ0n) is 12.7. The molecule has 1 aromatic carbocycles. The molecule has 0 aromatic heterocycles. The first-order valence-corrected chi connectivity index (χ1v) is 8.93. The van der Waals surface area contributed by atoms with E-state index in [0.717, 1.165) is 0 Å². The highest BCUT2D eigenvalue weighted by atomic mass is 35.5. The number of benzene rings is 1. The molecule has 1 rings (SSSR count). The van der Waals surface area contributed by atoms with Gasteiger partial charge < -0.3 is 10.1 Å². The van der Waals surface area contributed by atoms with Crippen molar-refractivity contribution in [3.8, 4) is 0 Å². The minimum absolute atomic E-state index is 0.0740. The van der Waals surface area contributed by atoms with E-state index in [0.29, 0.717) is 19.6 Å². The standard InChI is InChI=1S/C15H21ClFNO3S/c1-11(2)21-8-4-7-18-15(19)10-22(20)9-12-13(16)5-3-6-14(12)17/h3,5-6,11H,4,7-10H2,1-2H3,(H,18,19)/t22-/m1/s1. The van der Waals surface area contributed by atoms with Crippen molar-refractivity contribution < 1.29 is 18.1 Å². The lowest BCUT2D eigenvalue weighted by atomic mass is 10.2. The Kier molecular flexibility index (Phi) is 8.60. The summed E-state index contributed by atoms with van der Waals surface area (Å²) in [6, 6.07) is 4.27. The quantitative estimate of drug-likeness (QED) is 0.697. The Morgan fingerprint density at radius 3 is 2.82 bits per heavy atom. The summed E-state index contributed by atoms with van der Waals surface area (Å²) in [5, 5.41) is 2.89. The monoisotopic (exact) mass is 349 g/mol. The van der Waals surface area contributed by atoms with E-state index in [-0.39, 0.29) is 34.1 Å². The molecule has 1 atom stereocenters. The zero-order valence-corrected chi connectivity index (χ0v) is 14.3. The van der Waals surface area contributed by atoms with Crippen LogP contribution in [0.3, 0.4) is 0 Å². The third-order valence-corrected chi connectivity index (χ3v) is 4.30. The maximum absolute atomic E-state index is 13.6. The Labute approximate surface area is 137 Å². The van der Waals surface area contributed by atoms with Crippen molar-refractivity contribution in [1.29, 1.82) is 0 Å². The number of hydrogen-bond acceptors (Lipinski definition) is 3. The Hall–Kier alpha value is -0.980.